The molecule has 0 bridgehead atoms. The molecule has 0 spiro atoms. The minimum Gasteiger partial charge on any atom is -0.497 e. The van der Waals surface area contributed by atoms with Crippen molar-refractivity contribution in [2.45, 2.75) is 25.7 Å². The molecule has 0 aliphatic heterocycles. The summed E-state index contributed by atoms with van der Waals surface area (Å²) in [6.07, 6.45) is 9.40. The Morgan fingerprint density at radius 1 is 1.36 bits per heavy atom. The van der Waals surface area contributed by atoms with Gasteiger partial charge in [0.15, 0.2) is 0 Å². The lowest BCUT2D eigenvalue weighted by Crippen LogP contribution is -1.88. The molecule has 1 heteroatoms. The van der Waals surface area contributed by atoms with Crippen LogP contribution in [0.5, 0.6) is 5.75 Å². The Balaban J connectivity index is 2.39. The summed E-state index contributed by atoms with van der Waals surface area (Å²) in [6.45, 7) is 0. The van der Waals surface area contributed by atoms with Gasteiger partial charge in [-0.1, -0.05) is 12.1 Å². The summed E-state index contributed by atoms with van der Waals surface area (Å²) >= 11 is 0. The third-order valence-electron chi connectivity index (χ3n) is 2.17. The summed E-state index contributed by atoms with van der Waals surface area (Å²) in [4.78, 5) is 0. The van der Waals surface area contributed by atoms with Crippen LogP contribution in [0.3, 0.4) is 0 Å². The molecule has 1 aromatic rings. The van der Waals surface area contributed by atoms with Gasteiger partial charge in [-0.3, -0.25) is 0 Å². The second-order valence-corrected chi connectivity index (χ2v) is 3.26. The standard InChI is InChI=1S/C13H16O/c1-3-4-5-6-8-12-9-7-10-13(11-12)14-2/h1,7,9-11H,4-6,8H2,2H3. The Morgan fingerprint density at radius 2 is 2.21 bits per heavy atom. The zero-order valence-electron chi connectivity index (χ0n) is 8.62. The Labute approximate surface area is 86.1 Å². The number of aryl methyl sites for hydroxylation is 1. The number of methoxy groups -OCH3 is 1. The van der Waals surface area contributed by atoms with Crippen LogP contribution in [0.4, 0.5) is 0 Å². The Bertz CT molecular complexity index is 309. The van der Waals surface area contributed by atoms with Crippen molar-refractivity contribution >= 4 is 0 Å². The SMILES string of the molecule is C#CCCCCc1cccc(OC)c1. The first-order chi connectivity index (χ1) is 6.86. The molecule has 0 aliphatic rings. The molecule has 0 saturated heterocycles. The van der Waals surface area contributed by atoms with E-state index in [1.165, 1.54) is 5.56 Å². The predicted molar refractivity (Wildman–Crippen MR) is 59.4 cm³/mol. The van der Waals surface area contributed by atoms with Gasteiger partial charge in [0.25, 0.3) is 0 Å². The number of benzene rings is 1. The maximum atomic E-state index is 5.18. The van der Waals surface area contributed by atoms with Crippen molar-refractivity contribution in [3.63, 3.8) is 0 Å². The van der Waals surface area contributed by atoms with Crippen LogP contribution >= 0.6 is 0 Å². The van der Waals surface area contributed by atoms with Crippen LogP contribution in [-0.2, 0) is 6.42 Å². The molecule has 0 aromatic heterocycles. The number of hydrogen-bond acceptors (Lipinski definition) is 1. The second-order valence-electron chi connectivity index (χ2n) is 3.26. The van der Waals surface area contributed by atoms with E-state index in [9.17, 15) is 0 Å². The average Bonchev–Trinajstić information content (AvgIpc) is 2.25. The average molecular weight is 188 g/mol. The predicted octanol–water partition coefficient (Wildman–Crippen LogP) is 3.04. The number of ether oxygens (including phenoxy) is 1. The third kappa shape index (κ3) is 3.53. The molecule has 0 atom stereocenters. The molecule has 74 valence electrons. The van der Waals surface area contributed by atoms with Crippen LogP contribution in [-0.4, -0.2) is 7.11 Å². The Hall–Kier alpha value is -1.42. The number of rotatable bonds is 5. The molecule has 0 heterocycles. The van der Waals surface area contributed by atoms with Crippen molar-refractivity contribution < 1.29 is 4.74 Å². The van der Waals surface area contributed by atoms with E-state index in [4.69, 9.17) is 11.2 Å². The molecule has 0 amide bonds. The van der Waals surface area contributed by atoms with Crippen molar-refractivity contribution in [2.24, 2.45) is 0 Å². The van der Waals surface area contributed by atoms with Gasteiger partial charge >= 0.3 is 0 Å². The number of hydrogen-bond donors (Lipinski definition) is 0. The maximum absolute atomic E-state index is 5.18. The summed E-state index contributed by atoms with van der Waals surface area (Å²) in [5.41, 5.74) is 1.32. The quantitative estimate of drug-likeness (QED) is 0.510. The van der Waals surface area contributed by atoms with E-state index in [1.807, 2.05) is 12.1 Å². The summed E-state index contributed by atoms with van der Waals surface area (Å²) in [6, 6.07) is 8.19. The molecule has 0 radical (unpaired) electrons. The lowest BCUT2D eigenvalue weighted by molar-refractivity contribution is 0.414. The van der Waals surface area contributed by atoms with Gasteiger partial charge in [0.2, 0.25) is 0 Å². The van der Waals surface area contributed by atoms with Crippen molar-refractivity contribution in [3.8, 4) is 18.1 Å². The lowest BCUT2D eigenvalue weighted by Gasteiger charge is -2.03. The van der Waals surface area contributed by atoms with Gasteiger partial charge < -0.3 is 4.74 Å². The van der Waals surface area contributed by atoms with E-state index in [-0.39, 0.29) is 0 Å². The van der Waals surface area contributed by atoms with Gasteiger partial charge in [-0.25, -0.2) is 0 Å². The minimum atomic E-state index is 0.879. The highest BCUT2D eigenvalue weighted by atomic mass is 16.5. The monoisotopic (exact) mass is 188 g/mol. The van der Waals surface area contributed by atoms with Crippen LogP contribution in [0.25, 0.3) is 0 Å². The molecular formula is C13H16O. The van der Waals surface area contributed by atoms with E-state index >= 15 is 0 Å². The molecule has 1 rings (SSSR count). The van der Waals surface area contributed by atoms with Crippen molar-refractivity contribution in [3.05, 3.63) is 29.8 Å². The fraction of sp³-hybridized carbons (Fsp3) is 0.385. The van der Waals surface area contributed by atoms with E-state index in [2.05, 4.69) is 18.1 Å². The normalized spacial score (nSPS) is 9.43. The Morgan fingerprint density at radius 3 is 2.93 bits per heavy atom. The van der Waals surface area contributed by atoms with E-state index in [0.717, 1.165) is 31.4 Å². The van der Waals surface area contributed by atoms with E-state index in [0.29, 0.717) is 0 Å². The first-order valence-corrected chi connectivity index (χ1v) is 4.93. The fourth-order valence-corrected chi connectivity index (χ4v) is 1.38. The molecule has 0 fully saturated rings. The first-order valence-electron chi connectivity index (χ1n) is 4.93. The smallest absolute Gasteiger partial charge is 0.119 e. The van der Waals surface area contributed by atoms with Crippen LogP contribution in [0.15, 0.2) is 24.3 Å². The fourth-order valence-electron chi connectivity index (χ4n) is 1.38. The van der Waals surface area contributed by atoms with Gasteiger partial charge in [-0.05, 0) is 37.0 Å². The summed E-state index contributed by atoms with van der Waals surface area (Å²) in [7, 11) is 1.69. The molecule has 14 heavy (non-hydrogen) atoms. The largest absolute Gasteiger partial charge is 0.497 e. The molecular weight excluding hydrogens is 172 g/mol. The molecule has 1 nitrogen and oxygen atoms in total. The van der Waals surface area contributed by atoms with Crippen LogP contribution in [0, 0.1) is 12.3 Å². The summed E-state index contributed by atoms with van der Waals surface area (Å²) in [5, 5.41) is 0. The number of unbranched alkanes of at least 4 members (excludes halogenated alkanes) is 2. The highest BCUT2D eigenvalue weighted by molar-refractivity contribution is 5.28. The third-order valence-corrected chi connectivity index (χ3v) is 2.17. The molecule has 0 unspecified atom stereocenters. The highest BCUT2D eigenvalue weighted by Gasteiger charge is 1.95. The van der Waals surface area contributed by atoms with Crippen molar-refractivity contribution in [1.29, 1.82) is 0 Å². The Kier molecular flexibility index (Phi) is 4.64. The van der Waals surface area contributed by atoms with Gasteiger partial charge in [0.05, 0.1) is 7.11 Å². The summed E-state index contributed by atoms with van der Waals surface area (Å²) in [5.74, 6) is 3.58. The molecule has 0 saturated carbocycles. The molecule has 1 aromatic carbocycles. The van der Waals surface area contributed by atoms with Crippen molar-refractivity contribution in [1.82, 2.24) is 0 Å². The number of terminal acetylenes is 1. The van der Waals surface area contributed by atoms with Gasteiger partial charge in [-0.15, -0.1) is 12.3 Å². The van der Waals surface area contributed by atoms with Gasteiger partial charge in [0.1, 0.15) is 5.75 Å². The van der Waals surface area contributed by atoms with Crippen LogP contribution in [0.2, 0.25) is 0 Å². The highest BCUT2D eigenvalue weighted by Crippen LogP contribution is 2.14. The van der Waals surface area contributed by atoms with Gasteiger partial charge in [-0.2, -0.15) is 0 Å². The minimum absolute atomic E-state index is 0.879. The topological polar surface area (TPSA) is 9.23 Å². The van der Waals surface area contributed by atoms with Crippen LogP contribution < -0.4 is 4.74 Å². The zero-order valence-corrected chi connectivity index (χ0v) is 8.62. The van der Waals surface area contributed by atoms with E-state index in [1.54, 1.807) is 7.11 Å². The summed E-state index contributed by atoms with van der Waals surface area (Å²) < 4.78 is 5.15. The lowest BCUT2D eigenvalue weighted by atomic mass is 10.1. The van der Waals surface area contributed by atoms with Gasteiger partial charge in [0, 0.05) is 6.42 Å². The van der Waals surface area contributed by atoms with Crippen LogP contribution in [0.1, 0.15) is 24.8 Å². The van der Waals surface area contributed by atoms with E-state index < -0.39 is 0 Å². The van der Waals surface area contributed by atoms with Crippen molar-refractivity contribution in [2.75, 3.05) is 7.11 Å². The molecule has 0 N–H and O–H groups in total. The zero-order chi connectivity index (χ0) is 10.2. The molecule has 0 aliphatic carbocycles. The first kappa shape index (κ1) is 10.7. The second kappa shape index (κ2) is 6.10. The maximum Gasteiger partial charge on any atom is 0.119 e.